The van der Waals surface area contributed by atoms with Crippen molar-refractivity contribution in [3.05, 3.63) is 59.7 Å². The molecule has 1 aliphatic rings. The van der Waals surface area contributed by atoms with E-state index in [2.05, 4.69) is 22.8 Å². The highest BCUT2D eigenvalue weighted by Crippen LogP contribution is 2.44. The van der Waals surface area contributed by atoms with Gasteiger partial charge < -0.3 is 39.1 Å². The average molecular weight is 713 g/mol. The number of carbonyl (C=O) groups is 4. The van der Waals surface area contributed by atoms with Crippen molar-refractivity contribution < 1.29 is 47.6 Å². The van der Waals surface area contributed by atoms with Crippen LogP contribution < -0.4 is 10.6 Å². The van der Waals surface area contributed by atoms with Crippen LogP contribution in [-0.2, 0) is 42.8 Å². The van der Waals surface area contributed by atoms with E-state index in [0.29, 0.717) is 46.2 Å². The minimum absolute atomic E-state index is 0.00945. The van der Waals surface area contributed by atoms with Crippen molar-refractivity contribution in [2.75, 3.05) is 66.5 Å². The van der Waals surface area contributed by atoms with Crippen molar-refractivity contribution >= 4 is 23.8 Å². The molecule has 0 aliphatic heterocycles. The number of hydrogen-bond donors (Lipinski definition) is 2. The molecule has 0 bridgehead atoms. The molecule has 0 fully saturated rings. The summed E-state index contributed by atoms with van der Waals surface area (Å²) in [5.74, 6) is -2.46. The Labute approximate surface area is 302 Å². The van der Waals surface area contributed by atoms with E-state index in [1.807, 2.05) is 50.2 Å². The number of benzene rings is 2. The minimum atomic E-state index is -0.899. The number of esters is 1. The van der Waals surface area contributed by atoms with Crippen molar-refractivity contribution in [1.29, 1.82) is 0 Å². The molecule has 0 unspecified atom stereocenters. The van der Waals surface area contributed by atoms with Gasteiger partial charge in [-0.05, 0) is 55.4 Å². The number of amides is 2. The van der Waals surface area contributed by atoms with Crippen LogP contribution in [0.15, 0.2) is 48.5 Å². The Morgan fingerprint density at radius 3 is 1.88 bits per heavy atom. The summed E-state index contributed by atoms with van der Waals surface area (Å²) >= 11 is 0. The standard InChI is InChI=1S/C39H56N2O10/c1-27(2)36(41-38(45)50-26-33-31-13-9-7-11-29(31)30-12-8-10-14-32(30)33)34(42)25-28(37(44)51-39(3,4)5)15-16-35(43)40-17-18-47-21-22-49-24-23-48-20-19-46-6/h7-14,27-28,33,36H,15-26H2,1-6H3,(H,40,43)(H,41,45)/t28-,36+/m1/s1. The Bertz CT molecular complexity index is 1360. The first-order valence-corrected chi connectivity index (χ1v) is 17.8. The predicted octanol–water partition coefficient (Wildman–Crippen LogP) is 5.06. The molecule has 0 aromatic heterocycles. The predicted molar refractivity (Wildman–Crippen MR) is 192 cm³/mol. The minimum Gasteiger partial charge on any atom is -0.460 e. The van der Waals surface area contributed by atoms with Crippen LogP contribution >= 0.6 is 0 Å². The largest absolute Gasteiger partial charge is 0.460 e. The van der Waals surface area contributed by atoms with Gasteiger partial charge in [-0.15, -0.1) is 0 Å². The third-order valence-electron chi connectivity index (χ3n) is 8.28. The fourth-order valence-electron chi connectivity index (χ4n) is 5.78. The van der Waals surface area contributed by atoms with E-state index in [0.717, 1.165) is 22.3 Å². The molecule has 2 amide bonds. The van der Waals surface area contributed by atoms with Gasteiger partial charge in [0.25, 0.3) is 0 Å². The first-order chi connectivity index (χ1) is 24.4. The highest BCUT2D eigenvalue weighted by Gasteiger charge is 2.34. The van der Waals surface area contributed by atoms with E-state index < -0.39 is 29.6 Å². The molecule has 12 nitrogen and oxygen atoms in total. The maximum absolute atomic E-state index is 13.6. The van der Waals surface area contributed by atoms with Gasteiger partial charge in [-0.3, -0.25) is 14.4 Å². The second-order valence-electron chi connectivity index (χ2n) is 13.8. The van der Waals surface area contributed by atoms with Crippen molar-refractivity contribution in [3.8, 4) is 11.1 Å². The van der Waals surface area contributed by atoms with Gasteiger partial charge in [-0.25, -0.2) is 4.79 Å². The van der Waals surface area contributed by atoms with Gasteiger partial charge in [0.1, 0.15) is 12.2 Å². The summed E-state index contributed by atoms with van der Waals surface area (Å²) in [6, 6.07) is 15.2. The van der Waals surface area contributed by atoms with Gasteiger partial charge >= 0.3 is 12.1 Å². The lowest BCUT2D eigenvalue weighted by atomic mass is 9.90. The summed E-state index contributed by atoms with van der Waals surface area (Å²) in [4.78, 5) is 52.5. The molecule has 3 rings (SSSR count). The summed E-state index contributed by atoms with van der Waals surface area (Å²) in [6.45, 7) is 12.3. The van der Waals surface area contributed by atoms with Crippen molar-refractivity contribution in [1.82, 2.24) is 10.6 Å². The molecule has 2 N–H and O–H groups in total. The molecule has 2 aromatic rings. The lowest BCUT2D eigenvalue weighted by Gasteiger charge is -2.26. The van der Waals surface area contributed by atoms with Crippen LogP contribution in [0.3, 0.4) is 0 Å². The second kappa shape index (κ2) is 21.5. The van der Waals surface area contributed by atoms with Gasteiger partial charge in [-0.2, -0.15) is 0 Å². The van der Waals surface area contributed by atoms with E-state index in [1.165, 1.54) is 0 Å². The van der Waals surface area contributed by atoms with Gasteiger partial charge in [0.2, 0.25) is 5.91 Å². The van der Waals surface area contributed by atoms with Crippen LogP contribution in [0.2, 0.25) is 0 Å². The quantitative estimate of drug-likeness (QED) is 0.118. The van der Waals surface area contributed by atoms with Crippen LogP contribution in [-0.4, -0.2) is 102 Å². The number of alkyl carbamates (subject to hydrolysis) is 1. The van der Waals surface area contributed by atoms with Gasteiger partial charge in [0.15, 0.2) is 5.78 Å². The zero-order valence-electron chi connectivity index (χ0n) is 31.0. The third kappa shape index (κ3) is 14.4. The Hall–Kier alpha value is -3.84. The molecule has 12 heteroatoms. The lowest BCUT2D eigenvalue weighted by molar-refractivity contribution is -0.161. The van der Waals surface area contributed by atoms with E-state index in [9.17, 15) is 19.2 Å². The average Bonchev–Trinajstić information content (AvgIpc) is 3.41. The number of nitrogens with one attached hydrogen (secondary N) is 2. The molecule has 0 saturated carbocycles. The maximum Gasteiger partial charge on any atom is 0.407 e. The normalized spacial score (nSPS) is 13.6. The van der Waals surface area contributed by atoms with Crippen molar-refractivity contribution in [2.45, 2.75) is 71.4 Å². The second-order valence-corrected chi connectivity index (χ2v) is 13.8. The summed E-state index contributed by atoms with van der Waals surface area (Å²) < 4.78 is 32.4. The molecule has 0 heterocycles. The molecule has 2 atom stereocenters. The number of carbonyl (C=O) groups excluding carboxylic acids is 4. The molecule has 282 valence electrons. The Balaban J connectivity index is 1.47. The number of ketones is 1. The molecule has 2 aromatic carbocycles. The van der Waals surface area contributed by atoms with Crippen LogP contribution in [0.5, 0.6) is 0 Å². The highest BCUT2D eigenvalue weighted by atomic mass is 16.6. The maximum atomic E-state index is 13.6. The van der Waals surface area contributed by atoms with Gasteiger partial charge in [-0.1, -0.05) is 62.4 Å². The fourth-order valence-corrected chi connectivity index (χ4v) is 5.78. The monoisotopic (exact) mass is 712 g/mol. The van der Waals surface area contributed by atoms with Crippen LogP contribution in [0.25, 0.3) is 11.1 Å². The zero-order valence-corrected chi connectivity index (χ0v) is 31.0. The SMILES string of the molecule is COCCOCCOCCOCCNC(=O)CC[C@H](CC(=O)[C@@H](NC(=O)OCC1c2ccccc2-c2ccccc21)C(C)C)C(=O)OC(C)(C)C. The number of Topliss-reactive ketones (excluding diaryl/α,β-unsaturated/α-hetero) is 1. The highest BCUT2D eigenvalue weighted by molar-refractivity contribution is 5.91. The molecular formula is C39H56N2O10. The van der Waals surface area contributed by atoms with E-state index in [1.54, 1.807) is 27.9 Å². The van der Waals surface area contributed by atoms with Gasteiger partial charge in [0, 0.05) is 32.4 Å². The van der Waals surface area contributed by atoms with Crippen LogP contribution in [0.4, 0.5) is 4.79 Å². The topological polar surface area (TPSA) is 148 Å². The molecule has 1 aliphatic carbocycles. The first-order valence-electron chi connectivity index (χ1n) is 17.8. The van der Waals surface area contributed by atoms with Crippen LogP contribution in [0, 0.1) is 11.8 Å². The Kier molecular flexibility index (Phi) is 17.5. The summed E-state index contributed by atoms with van der Waals surface area (Å²) in [6.07, 6.45) is -0.799. The number of methoxy groups -OCH3 is 1. The van der Waals surface area contributed by atoms with E-state index in [4.69, 9.17) is 28.4 Å². The first kappa shape index (κ1) is 41.6. The number of ether oxygens (including phenoxy) is 6. The Morgan fingerprint density at radius 2 is 1.33 bits per heavy atom. The molecule has 0 saturated heterocycles. The number of fused-ring (bicyclic) bond motifs is 3. The van der Waals surface area contributed by atoms with Crippen LogP contribution in [0.1, 0.15) is 70.9 Å². The summed E-state index contributed by atoms with van der Waals surface area (Å²) in [5, 5.41) is 5.51. The van der Waals surface area contributed by atoms with Gasteiger partial charge in [0.05, 0.1) is 58.2 Å². The molecule has 0 radical (unpaired) electrons. The Morgan fingerprint density at radius 1 is 0.784 bits per heavy atom. The molecule has 0 spiro atoms. The number of hydrogen-bond acceptors (Lipinski definition) is 10. The smallest absolute Gasteiger partial charge is 0.407 e. The summed E-state index contributed by atoms with van der Waals surface area (Å²) in [5.41, 5.74) is 3.62. The fraction of sp³-hybridized carbons (Fsp3) is 0.590. The summed E-state index contributed by atoms with van der Waals surface area (Å²) in [7, 11) is 1.61. The zero-order chi connectivity index (χ0) is 37.2. The molecular weight excluding hydrogens is 656 g/mol. The lowest BCUT2D eigenvalue weighted by Crippen LogP contribution is -2.46. The van der Waals surface area contributed by atoms with E-state index in [-0.39, 0.29) is 55.9 Å². The molecule has 51 heavy (non-hydrogen) atoms. The number of rotatable bonds is 23. The van der Waals surface area contributed by atoms with Crippen molar-refractivity contribution in [3.63, 3.8) is 0 Å². The van der Waals surface area contributed by atoms with Crippen molar-refractivity contribution in [2.24, 2.45) is 11.8 Å². The third-order valence-corrected chi connectivity index (χ3v) is 8.28. The van der Waals surface area contributed by atoms with E-state index >= 15 is 0 Å².